The quantitative estimate of drug-likeness (QED) is 0.666. The normalized spacial score (nSPS) is 16.9. The fourth-order valence-electron chi connectivity index (χ4n) is 3.57. The molecule has 27 heavy (non-hydrogen) atoms. The van der Waals surface area contributed by atoms with E-state index in [-0.39, 0.29) is 11.8 Å². The SMILES string of the molecule is Cc1cccc(-c2noc(C3CC(=O)N(CCCc4ccccc4)C3)n2)c1. The Morgan fingerprint density at radius 2 is 2.00 bits per heavy atom. The number of likely N-dealkylation sites (tertiary alicyclic amines) is 1. The highest BCUT2D eigenvalue weighted by Gasteiger charge is 2.34. The van der Waals surface area contributed by atoms with E-state index in [9.17, 15) is 4.79 Å². The molecule has 0 N–H and O–H groups in total. The fourth-order valence-corrected chi connectivity index (χ4v) is 3.57. The van der Waals surface area contributed by atoms with Crippen LogP contribution in [0.25, 0.3) is 11.4 Å². The Labute approximate surface area is 159 Å². The molecule has 0 bridgehead atoms. The van der Waals surface area contributed by atoms with Crippen molar-refractivity contribution in [3.63, 3.8) is 0 Å². The lowest BCUT2D eigenvalue weighted by Crippen LogP contribution is -2.26. The molecule has 0 aliphatic carbocycles. The van der Waals surface area contributed by atoms with Crippen molar-refractivity contribution in [1.29, 1.82) is 0 Å². The Morgan fingerprint density at radius 1 is 1.15 bits per heavy atom. The fraction of sp³-hybridized carbons (Fsp3) is 0.318. The van der Waals surface area contributed by atoms with Crippen LogP contribution in [-0.4, -0.2) is 34.0 Å². The Bertz CT molecular complexity index is 920. The molecule has 1 amide bonds. The van der Waals surface area contributed by atoms with E-state index < -0.39 is 0 Å². The van der Waals surface area contributed by atoms with Crippen molar-refractivity contribution in [2.24, 2.45) is 0 Å². The summed E-state index contributed by atoms with van der Waals surface area (Å²) in [5, 5.41) is 4.11. The first-order valence-electron chi connectivity index (χ1n) is 9.41. The van der Waals surface area contributed by atoms with Crippen LogP contribution in [0.3, 0.4) is 0 Å². The number of aryl methyl sites for hydroxylation is 2. The van der Waals surface area contributed by atoms with Crippen LogP contribution in [0.15, 0.2) is 59.1 Å². The highest BCUT2D eigenvalue weighted by atomic mass is 16.5. The predicted molar refractivity (Wildman–Crippen MR) is 103 cm³/mol. The average molecular weight is 361 g/mol. The predicted octanol–water partition coefficient (Wildman–Crippen LogP) is 3.99. The zero-order valence-electron chi connectivity index (χ0n) is 15.5. The number of nitrogens with zero attached hydrogens (tertiary/aromatic N) is 3. The summed E-state index contributed by atoms with van der Waals surface area (Å²) in [4.78, 5) is 18.8. The smallest absolute Gasteiger partial charge is 0.232 e. The van der Waals surface area contributed by atoms with Gasteiger partial charge in [0.25, 0.3) is 0 Å². The van der Waals surface area contributed by atoms with Crippen molar-refractivity contribution in [2.75, 3.05) is 13.1 Å². The second kappa shape index (κ2) is 7.74. The van der Waals surface area contributed by atoms with Gasteiger partial charge in [0.2, 0.25) is 17.6 Å². The lowest BCUT2D eigenvalue weighted by Gasteiger charge is -2.15. The van der Waals surface area contributed by atoms with E-state index in [4.69, 9.17) is 4.52 Å². The third-order valence-corrected chi connectivity index (χ3v) is 5.02. The van der Waals surface area contributed by atoms with Gasteiger partial charge in [0, 0.05) is 25.1 Å². The summed E-state index contributed by atoms with van der Waals surface area (Å²) < 4.78 is 5.47. The summed E-state index contributed by atoms with van der Waals surface area (Å²) in [6.45, 7) is 3.46. The van der Waals surface area contributed by atoms with E-state index in [1.165, 1.54) is 5.56 Å². The molecule has 0 radical (unpaired) electrons. The molecule has 1 aromatic heterocycles. The molecule has 0 saturated carbocycles. The maximum atomic E-state index is 12.4. The molecular weight excluding hydrogens is 338 g/mol. The van der Waals surface area contributed by atoms with Crippen molar-refractivity contribution in [3.05, 3.63) is 71.6 Å². The number of hydrogen-bond acceptors (Lipinski definition) is 4. The summed E-state index contributed by atoms with van der Waals surface area (Å²) in [7, 11) is 0. The van der Waals surface area contributed by atoms with Crippen LogP contribution in [0, 0.1) is 6.92 Å². The lowest BCUT2D eigenvalue weighted by atomic mass is 10.1. The largest absolute Gasteiger partial charge is 0.342 e. The van der Waals surface area contributed by atoms with Gasteiger partial charge < -0.3 is 9.42 Å². The highest BCUT2D eigenvalue weighted by molar-refractivity contribution is 5.79. The van der Waals surface area contributed by atoms with E-state index in [0.29, 0.717) is 24.7 Å². The minimum Gasteiger partial charge on any atom is -0.342 e. The van der Waals surface area contributed by atoms with Gasteiger partial charge in [-0.3, -0.25) is 4.79 Å². The average Bonchev–Trinajstić information content (AvgIpc) is 3.30. The molecule has 1 atom stereocenters. The summed E-state index contributed by atoms with van der Waals surface area (Å²) in [6.07, 6.45) is 2.38. The minimum absolute atomic E-state index is 0.0136. The molecule has 1 saturated heterocycles. The van der Waals surface area contributed by atoms with Crippen molar-refractivity contribution >= 4 is 5.91 Å². The Balaban J connectivity index is 1.36. The van der Waals surface area contributed by atoms with Crippen LogP contribution in [0.4, 0.5) is 0 Å². The van der Waals surface area contributed by atoms with Crippen LogP contribution in [-0.2, 0) is 11.2 Å². The highest BCUT2D eigenvalue weighted by Crippen LogP contribution is 2.29. The van der Waals surface area contributed by atoms with Gasteiger partial charge in [0.1, 0.15) is 0 Å². The summed E-state index contributed by atoms with van der Waals surface area (Å²) in [5.41, 5.74) is 3.40. The minimum atomic E-state index is -0.0136. The Hall–Kier alpha value is -2.95. The van der Waals surface area contributed by atoms with Crippen LogP contribution in [0.1, 0.15) is 35.8 Å². The van der Waals surface area contributed by atoms with Crippen LogP contribution in [0.5, 0.6) is 0 Å². The molecule has 1 unspecified atom stereocenters. The van der Waals surface area contributed by atoms with Gasteiger partial charge in [0.15, 0.2) is 0 Å². The van der Waals surface area contributed by atoms with Crippen molar-refractivity contribution < 1.29 is 9.32 Å². The van der Waals surface area contributed by atoms with Crippen molar-refractivity contribution in [1.82, 2.24) is 15.0 Å². The number of carbonyl (C=O) groups excluding carboxylic acids is 1. The number of benzene rings is 2. The molecule has 2 aromatic carbocycles. The molecule has 3 aromatic rings. The number of aromatic nitrogens is 2. The maximum absolute atomic E-state index is 12.4. The van der Waals surface area contributed by atoms with Crippen molar-refractivity contribution in [2.45, 2.75) is 32.1 Å². The molecule has 138 valence electrons. The van der Waals surface area contributed by atoms with E-state index in [2.05, 4.69) is 22.3 Å². The molecule has 5 nitrogen and oxygen atoms in total. The topological polar surface area (TPSA) is 59.2 Å². The Kier molecular flexibility index (Phi) is 5.01. The zero-order chi connectivity index (χ0) is 18.6. The molecular formula is C22H23N3O2. The van der Waals surface area contributed by atoms with Gasteiger partial charge in [-0.1, -0.05) is 59.3 Å². The maximum Gasteiger partial charge on any atom is 0.232 e. The molecule has 1 fully saturated rings. The van der Waals surface area contributed by atoms with E-state index in [1.807, 2.05) is 54.3 Å². The monoisotopic (exact) mass is 361 g/mol. The number of hydrogen-bond donors (Lipinski definition) is 0. The van der Waals surface area contributed by atoms with Gasteiger partial charge >= 0.3 is 0 Å². The lowest BCUT2D eigenvalue weighted by molar-refractivity contribution is -0.127. The van der Waals surface area contributed by atoms with Crippen molar-refractivity contribution in [3.8, 4) is 11.4 Å². The summed E-state index contributed by atoms with van der Waals surface area (Å²) >= 11 is 0. The summed E-state index contributed by atoms with van der Waals surface area (Å²) in [6, 6.07) is 18.4. The van der Waals surface area contributed by atoms with E-state index in [0.717, 1.165) is 30.5 Å². The number of rotatable bonds is 6. The number of amides is 1. The van der Waals surface area contributed by atoms with Gasteiger partial charge in [0.05, 0.1) is 5.92 Å². The molecule has 5 heteroatoms. The Morgan fingerprint density at radius 3 is 2.81 bits per heavy atom. The van der Waals surface area contributed by atoms with E-state index >= 15 is 0 Å². The molecule has 1 aliphatic rings. The first kappa shape index (κ1) is 17.5. The number of carbonyl (C=O) groups is 1. The van der Waals surface area contributed by atoms with Crippen LogP contribution < -0.4 is 0 Å². The first-order chi connectivity index (χ1) is 13.2. The van der Waals surface area contributed by atoms with Gasteiger partial charge in [-0.15, -0.1) is 0 Å². The molecule has 4 rings (SSSR count). The second-order valence-corrected chi connectivity index (χ2v) is 7.16. The zero-order valence-corrected chi connectivity index (χ0v) is 15.5. The first-order valence-corrected chi connectivity index (χ1v) is 9.41. The third-order valence-electron chi connectivity index (χ3n) is 5.02. The standard InChI is InChI=1S/C22H23N3O2/c1-16-7-5-11-18(13-16)21-23-22(27-24-21)19-14-20(26)25(15-19)12-6-10-17-8-3-2-4-9-17/h2-5,7-9,11,13,19H,6,10,12,14-15H2,1H3. The molecule has 0 spiro atoms. The van der Waals surface area contributed by atoms with E-state index in [1.54, 1.807) is 0 Å². The summed E-state index contributed by atoms with van der Waals surface area (Å²) in [5.74, 6) is 1.30. The molecule has 2 heterocycles. The van der Waals surface area contributed by atoms with Crippen LogP contribution in [0.2, 0.25) is 0 Å². The molecule has 1 aliphatic heterocycles. The van der Waals surface area contributed by atoms with Gasteiger partial charge in [-0.25, -0.2) is 0 Å². The second-order valence-electron chi connectivity index (χ2n) is 7.16. The van der Waals surface area contributed by atoms with Crippen LogP contribution >= 0.6 is 0 Å². The third kappa shape index (κ3) is 4.08. The van der Waals surface area contributed by atoms with Gasteiger partial charge in [-0.2, -0.15) is 4.98 Å². The van der Waals surface area contributed by atoms with Gasteiger partial charge in [-0.05, 0) is 31.4 Å².